The van der Waals surface area contributed by atoms with Crippen molar-refractivity contribution in [3.05, 3.63) is 27.4 Å². The lowest BCUT2D eigenvalue weighted by atomic mass is 10.4. The van der Waals surface area contributed by atoms with E-state index in [9.17, 15) is 10.1 Å². The third-order valence-electron chi connectivity index (χ3n) is 1.97. The molecule has 0 aliphatic carbocycles. The van der Waals surface area contributed by atoms with E-state index >= 15 is 0 Å². The van der Waals surface area contributed by atoms with Crippen molar-refractivity contribution < 1.29 is 14.4 Å². The summed E-state index contributed by atoms with van der Waals surface area (Å²) in [6.45, 7) is 0.303. The highest BCUT2D eigenvalue weighted by Crippen LogP contribution is 2.20. The van der Waals surface area contributed by atoms with Gasteiger partial charge in [0.25, 0.3) is 5.69 Å². The monoisotopic (exact) mass is 261 g/mol. The van der Waals surface area contributed by atoms with E-state index in [4.69, 9.17) is 21.1 Å². The number of pyridine rings is 1. The first-order valence-corrected chi connectivity index (χ1v) is 5.06. The molecule has 0 fully saturated rings. The number of halogens is 1. The molecule has 0 aliphatic heterocycles. The van der Waals surface area contributed by atoms with Gasteiger partial charge in [-0.3, -0.25) is 10.1 Å². The largest absolute Gasteiger partial charge is 0.365 e. The maximum atomic E-state index is 10.6. The zero-order valence-electron chi connectivity index (χ0n) is 9.34. The Bertz CT molecular complexity index is 398. The second-order valence-electron chi connectivity index (χ2n) is 3.07. The van der Waals surface area contributed by atoms with Crippen LogP contribution in [0.2, 0.25) is 5.15 Å². The molecule has 1 heterocycles. The SMILES string of the molecule is COC(CNc1cc([N+](=O)[O-])cc(Cl)n1)OC. The van der Waals surface area contributed by atoms with Gasteiger partial charge < -0.3 is 14.8 Å². The molecule has 0 spiro atoms. The minimum Gasteiger partial charge on any atom is -0.365 e. The van der Waals surface area contributed by atoms with Gasteiger partial charge in [0.2, 0.25) is 0 Å². The maximum absolute atomic E-state index is 10.6. The number of nitro groups is 1. The summed E-state index contributed by atoms with van der Waals surface area (Å²) in [5.41, 5.74) is -0.126. The molecule has 1 aromatic rings. The van der Waals surface area contributed by atoms with Crippen molar-refractivity contribution in [3.63, 3.8) is 0 Å². The number of ether oxygens (including phenoxy) is 2. The molecule has 1 N–H and O–H groups in total. The summed E-state index contributed by atoms with van der Waals surface area (Å²) in [6.07, 6.45) is -0.463. The maximum Gasteiger partial charge on any atom is 0.276 e. The van der Waals surface area contributed by atoms with Crippen LogP contribution in [0.25, 0.3) is 0 Å². The predicted molar refractivity (Wildman–Crippen MR) is 62.2 cm³/mol. The van der Waals surface area contributed by atoms with Crippen molar-refractivity contribution >= 4 is 23.1 Å². The molecule has 0 bridgehead atoms. The van der Waals surface area contributed by atoms with E-state index in [0.29, 0.717) is 12.4 Å². The molecule has 1 aromatic heterocycles. The summed E-state index contributed by atoms with van der Waals surface area (Å²) in [6, 6.07) is 2.46. The molecular weight excluding hydrogens is 250 g/mol. The van der Waals surface area contributed by atoms with Crippen LogP contribution in [0.3, 0.4) is 0 Å². The minimum absolute atomic E-state index is 0.0492. The summed E-state index contributed by atoms with van der Waals surface area (Å²) < 4.78 is 9.90. The van der Waals surface area contributed by atoms with Gasteiger partial charge in [-0.2, -0.15) is 0 Å². The number of nitrogens with zero attached hydrogens (tertiary/aromatic N) is 2. The van der Waals surface area contributed by atoms with Gasteiger partial charge in [0.05, 0.1) is 23.6 Å². The lowest BCUT2D eigenvalue weighted by Crippen LogP contribution is -2.24. The number of hydrogen-bond donors (Lipinski definition) is 1. The van der Waals surface area contributed by atoms with E-state index in [0.717, 1.165) is 0 Å². The number of anilines is 1. The lowest BCUT2D eigenvalue weighted by molar-refractivity contribution is -0.384. The number of methoxy groups -OCH3 is 2. The third-order valence-corrected chi connectivity index (χ3v) is 2.16. The highest BCUT2D eigenvalue weighted by molar-refractivity contribution is 6.29. The Labute approximate surface area is 103 Å². The summed E-state index contributed by atoms with van der Waals surface area (Å²) in [5.74, 6) is 0.295. The first kappa shape index (κ1) is 13.6. The Balaban J connectivity index is 2.74. The molecule has 8 heteroatoms. The van der Waals surface area contributed by atoms with Crippen molar-refractivity contribution in [3.8, 4) is 0 Å². The summed E-state index contributed by atoms with van der Waals surface area (Å²) in [4.78, 5) is 14.0. The molecule has 0 saturated heterocycles. The van der Waals surface area contributed by atoms with Crippen LogP contribution < -0.4 is 5.32 Å². The topological polar surface area (TPSA) is 86.5 Å². The van der Waals surface area contributed by atoms with Gasteiger partial charge in [-0.1, -0.05) is 11.6 Å². The van der Waals surface area contributed by atoms with E-state index < -0.39 is 11.2 Å². The van der Waals surface area contributed by atoms with Crippen LogP contribution in [-0.4, -0.2) is 37.0 Å². The molecule has 7 nitrogen and oxygen atoms in total. The van der Waals surface area contributed by atoms with Gasteiger partial charge in [-0.15, -0.1) is 0 Å². The van der Waals surface area contributed by atoms with E-state index in [1.165, 1.54) is 26.4 Å². The van der Waals surface area contributed by atoms with Crippen molar-refractivity contribution in [2.75, 3.05) is 26.1 Å². The molecule has 0 saturated carbocycles. The fourth-order valence-corrected chi connectivity index (χ4v) is 1.33. The van der Waals surface area contributed by atoms with Crippen molar-refractivity contribution in [1.82, 2.24) is 4.98 Å². The van der Waals surface area contributed by atoms with E-state index in [-0.39, 0.29) is 10.8 Å². The van der Waals surface area contributed by atoms with Crippen LogP contribution in [-0.2, 0) is 9.47 Å². The molecule has 0 aliphatic rings. The van der Waals surface area contributed by atoms with Crippen molar-refractivity contribution in [2.24, 2.45) is 0 Å². The summed E-state index contributed by atoms with van der Waals surface area (Å²) in [7, 11) is 2.98. The quantitative estimate of drug-likeness (QED) is 0.363. The fourth-order valence-electron chi connectivity index (χ4n) is 1.13. The Morgan fingerprint density at radius 3 is 2.71 bits per heavy atom. The van der Waals surface area contributed by atoms with E-state index in [2.05, 4.69) is 10.3 Å². The standard InChI is InChI=1S/C9H12ClN3O4/c1-16-9(17-2)5-11-8-4-6(13(14)15)3-7(10)12-8/h3-4,9H,5H2,1-2H3,(H,11,12). The second kappa shape index (κ2) is 6.33. The number of hydrogen-bond acceptors (Lipinski definition) is 6. The Hall–Kier alpha value is -1.44. The molecule has 0 amide bonds. The Morgan fingerprint density at radius 1 is 1.53 bits per heavy atom. The van der Waals surface area contributed by atoms with E-state index in [1.54, 1.807) is 0 Å². The zero-order valence-corrected chi connectivity index (χ0v) is 10.1. The highest BCUT2D eigenvalue weighted by atomic mass is 35.5. The first-order chi connectivity index (χ1) is 8.06. The van der Waals surface area contributed by atoms with E-state index in [1.807, 2.05) is 0 Å². The van der Waals surface area contributed by atoms with Crippen LogP contribution >= 0.6 is 11.6 Å². The van der Waals surface area contributed by atoms with Crippen LogP contribution in [0.4, 0.5) is 11.5 Å². The van der Waals surface area contributed by atoms with Crippen LogP contribution in [0, 0.1) is 10.1 Å². The third kappa shape index (κ3) is 4.14. The number of nitrogens with one attached hydrogen (secondary N) is 1. The van der Waals surface area contributed by atoms with Gasteiger partial charge in [0, 0.05) is 14.2 Å². The molecular formula is C9H12ClN3O4. The smallest absolute Gasteiger partial charge is 0.276 e. The normalized spacial score (nSPS) is 10.6. The van der Waals surface area contributed by atoms with Crippen molar-refractivity contribution in [2.45, 2.75) is 6.29 Å². The molecule has 0 unspecified atom stereocenters. The zero-order chi connectivity index (χ0) is 12.8. The first-order valence-electron chi connectivity index (χ1n) is 4.68. The summed E-state index contributed by atoms with van der Waals surface area (Å²) >= 11 is 5.66. The van der Waals surface area contributed by atoms with Gasteiger partial charge in [0.15, 0.2) is 6.29 Å². The molecule has 94 valence electrons. The average molecular weight is 262 g/mol. The van der Waals surface area contributed by atoms with Crippen LogP contribution in [0.5, 0.6) is 0 Å². The molecule has 0 aromatic carbocycles. The molecule has 0 radical (unpaired) electrons. The lowest BCUT2D eigenvalue weighted by Gasteiger charge is -2.14. The van der Waals surface area contributed by atoms with Gasteiger partial charge in [-0.25, -0.2) is 4.98 Å². The van der Waals surface area contributed by atoms with Gasteiger partial charge >= 0.3 is 0 Å². The van der Waals surface area contributed by atoms with Crippen LogP contribution in [0.1, 0.15) is 0 Å². The number of aromatic nitrogens is 1. The predicted octanol–water partition coefficient (Wildman–Crippen LogP) is 1.67. The molecule has 1 rings (SSSR count). The Kier molecular flexibility index (Phi) is 5.08. The average Bonchev–Trinajstić information content (AvgIpc) is 2.29. The summed E-state index contributed by atoms with van der Waals surface area (Å²) in [5, 5.41) is 13.5. The highest BCUT2D eigenvalue weighted by Gasteiger charge is 2.11. The Morgan fingerprint density at radius 2 is 2.18 bits per heavy atom. The minimum atomic E-state index is -0.539. The van der Waals surface area contributed by atoms with Gasteiger partial charge in [0.1, 0.15) is 11.0 Å². The second-order valence-corrected chi connectivity index (χ2v) is 3.46. The van der Waals surface area contributed by atoms with Crippen molar-refractivity contribution in [1.29, 1.82) is 0 Å². The molecule has 17 heavy (non-hydrogen) atoms. The molecule has 0 atom stereocenters. The van der Waals surface area contributed by atoms with Crippen LogP contribution in [0.15, 0.2) is 12.1 Å². The number of rotatable bonds is 6. The van der Waals surface area contributed by atoms with Gasteiger partial charge in [-0.05, 0) is 0 Å². The fraction of sp³-hybridized carbons (Fsp3) is 0.444.